The molecular formula is C8H9F3N2O2S. The van der Waals surface area contributed by atoms with Gasteiger partial charge in [0.2, 0.25) is 0 Å². The van der Waals surface area contributed by atoms with Gasteiger partial charge >= 0.3 is 11.9 Å². The summed E-state index contributed by atoms with van der Waals surface area (Å²) in [7, 11) is 0. The highest BCUT2D eigenvalue weighted by Gasteiger charge is 2.27. The molecule has 0 aliphatic rings. The lowest BCUT2D eigenvalue weighted by Gasteiger charge is -2.07. The monoisotopic (exact) mass is 254 g/mol. The van der Waals surface area contributed by atoms with Gasteiger partial charge < -0.3 is 4.98 Å². The smallest absolute Gasteiger partial charge is 0.302 e. The molecule has 8 heteroatoms. The minimum absolute atomic E-state index is 0.332. The summed E-state index contributed by atoms with van der Waals surface area (Å²) in [6.45, 7) is -0.660. The Morgan fingerprint density at radius 2 is 2.06 bits per heavy atom. The molecule has 90 valence electrons. The lowest BCUT2D eigenvalue weighted by molar-refractivity contribution is -0.137. The van der Waals surface area contributed by atoms with E-state index in [1.807, 2.05) is 0 Å². The van der Waals surface area contributed by atoms with Crippen LogP contribution in [0, 0.1) is 0 Å². The standard InChI is InChI=1S/C8H9F3N2O2S/c1-16-5-4-6(14)13(7(15)12-5)3-2-8(9,10)11/h4H,2-3H2,1H3,(H,12,15). The number of aromatic nitrogens is 2. The number of H-pyrrole nitrogens is 1. The van der Waals surface area contributed by atoms with E-state index in [0.717, 1.165) is 17.8 Å². The van der Waals surface area contributed by atoms with Crippen LogP contribution in [0.2, 0.25) is 0 Å². The number of aromatic amines is 1. The first kappa shape index (κ1) is 12.9. The van der Waals surface area contributed by atoms with Crippen LogP contribution in [0.3, 0.4) is 0 Å². The molecule has 0 fully saturated rings. The summed E-state index contributed by atoms with van der Waals surface area (Å²) in [5.74, 6) is 0. The molecule has 0 bridgehead atoms. The van der Waals surface area contributed by atoms with Crippen LogP contribution in [0.15, 0.2) is 20.7 Å². The topological polar surface area (TPSA) is 54.9 Å². The molecular weight excluding hydrogens is 245 g/mol. The normalized spacial score (nSPS) is 11.8. The third-order valence-corrected chi connectivity index (χ3v) is 2.49. The Labute approximate surface area is 92.5 Å². The number of hydrogen-bond acceptors (Lipinski definition) is 3. The van der Waals surface area contributed by atoms with E-state index in [1.54, 1.807) is 6.26 Å². The summed E-state index contributed by atoms with van der Waals surface area (Å²) >= 11 is 1.14. The molecule has 0 saturated carbocycles. The highest BCUT2D eigenvalue weighted by molar-refractivity contribution is 7.98. The molecule has 0 aromatic carbocycles. The first-order valence-corrected chi connectivity index (χ1v) is 5.51. The second-order valence-electron chi connectivity index (χ2n) is 3.00. The van der Waals surface area contributed by atoms with Gasteiger partial charge in [0.25, 0.3) is 5.56 Å². The van der Waals surface area contributed by atoms with Crippen molar-refractivity contribution in [1.29, 1.82) is 0 Å². The lowest BCUT2D eigenvalue weighted by atomic mass is 10.4. The zero-order chi connectivity index (χ0) is 12.3. The molecule has 0 atom stereocenters. The molecule has 1 aromatic heterocycles. The van der Waals surface area contributed by atoms with E-state index in [4.69, 9.17) is 0 Å². The number of hydrogen-bond donors (Lipinski definition) is 1. The van der Waals surface area contributed by atoms with E-state index in [1.165, 1.54) is 0 Å². The fourth-order valence-electron chi connectivity index (χ4n) is 1.06. The van der Waals surface area contributed by atoms with Crippen molar-refractivity contribution < 1.29 is 13.2 Å². The van der Waals surface area contributed by atoms with Gasteiger partial charge in [0.05, 0.1) is 11.4 Å². The molecule has 0 radical (unpaired) electrons. The maximum Gasteiger partial charge on any atom is 0.390 e. The summed E-state index contributed by atoms with van der Waals surface area (Å²) < 4.78 is 36.3. The maximum atomic E-state index is 11.9. The molecule has 0 unspecified atom stereocenters. The second-order valence-corrected chi connectivity index (χ2v) is 3.85. The number of nitrogens with zero attached hydrogens (tertiary/aromatic N) is 1. The Hall–Kier alpha value is -1.18. The Morgan fingerprint density at radius 3 is 2.50 bits per heavy atom. The van der Waals surface area contributed by atoms with Gasteiger partial charge in [-0.25, -0.2) is 4.79 Å². The molecule has 4 nitrogen and oxygen atoms in total. The molecule has 1 heterocycles. The third kappa shape index (κ3) is 3.44. The van der Waals surface area contributed by atoms with E-state index in [0.29, 0.717) is 9.59 Å². The van der Waals surface area contributed by atoms with Crippen molar-refractivity contribution in [3.63, 3.8) is 0 Å². The average Bonchev–Trinajstić information content (AvgIpc) is 2.14. The van der Waals surface area contributed by atoms with Crippen LogP contribution in [0.4, 0.5) is 13.2 Å². The summed E-state index contributed by atoms with van der Waals surface area (Å²) in [5, 5.41) is 0.332. The molecule has 0 aliphatic heterocycles. The average molecular weight is 254 g/mol. The predicted molar refractivity (Wildman–Crippen MR) is 53.8 cm³/mol. The van der Waals surface area contributed by atoms with E-state index in [9.17, 15) is 22.8 Å². The van der Waals surface area contributed by atoms with Crippen LogP contribution in [0.5, 0.6) is 0 Å². The van der Waals surface area contributed by atoms with Gasteiger partial charge in [-0.15, -0.1) is 11.8 Å². The molecule has 16 heavy (non-hydrogen) atoms. The van der Waals surface area contributed by atoms with Crippen molar-refractivity contribution >= 4 is 11.8 Å². The summed E-state index contributed by atoms with van der Waals surface area (Å²) in [6.07, 6.45) is -3.94. The highest BCUT2D eigenvalue weighted by atomic mass is 32.2. The van der Waals surface area contributed by atoms with E-state index < -0.39 is 30.4 Å². The Morgan fingerprint density at radius 1 is 1.44 bits per heavy atom. The van der Waals surface area contributed by atoms with Gasteiger partial charge in [0.1, 0.15) is 0 Å². The first-order valence-electron chi connectivity index (χ1n) is 4.28. The second kappa shape index (κ2) is 4.77. The number of nitrogens with one attached hydrogen (secondary N) is 1. The van der Waals surface area contributed by atoms with Gasteiger partial charge in [0.15, 0.2) is 0 Å². The van der Waals surface area contributed by atoms with Gasteiger partial charge in [-0.3, -0.25) is 9.36 Å². The molecule has 1 rings (SSSR count). The predicted octanol–water partition coefficient (Wildman–Crippen LogP) is 1.21. The number of rotatable bonds is 3. The van der Waals surface area contributed by atoms with Crippen molar-refractivity contribution in [2.75, 3.05) is 6.26 Å². The molecule has 0 aliphatic carbocycles. The van der Waals surface area contributed by atoms with Crippen molar-refractivity contribution in [2.24, 2.45) is 0 Å². The number of halogens is 3. The molecule has 0 saturated heterocycles. The Bertz CT molecular complexity index is 446. The van der Waals surface area contributed by atoms with E-state index in [2.05, 4.69) is 4.98 Å². The van der Waals surface area contributed by atoms with Crippen molar-refractivity contribution in [2.45, 2.75) is 24.2 Å². The fourth-order valence-corrected chi connectivity index (χ4v) is 1.47. The lowest BCUT2D eigenvalue weighted by Crippen LogP contribution is -2.36. The minimum atomic E-state index is -4.38. The SMILES string of the molecule is CSc1cc(=O)n(CCC(F)(F)F)c(=O)[nH]1. The molecule has 0 spiro atoms. The van der Waals surface area contributed by atoms with Crippen molar-refractivity contribution in [1.82, 2.24) is 9.55 Å². The Balaban J connectivity index is 2.98. The highest BCUT2D eigenvalue weighted by Crippen LogP contribution is 2.19. The quantitative estimate of drug-likeness (QED) is 0.651. The van der Waals surface area contributed by atoms with Crippen LogP contribution >= 0.6 is 11.8 Å². The van der Waals surface area contributed by atoms with Crippen LogP contribution in [-0.4, -0.2) is 22.0 Å². The number of alkyl halides is 3. The minimum Gasteiger partial charge on any atom is -0.302 e. The molecule has 1 aromatic rings. The fraction of sp³-hybridized carbons (Fsp3) is 0.500. The first-order chi connectivity index (χ1) is 7.33. The van der Waals surface area contributed by atoms with Crippen molar-refractivity contribution in [3.8, 4) is 0 Å². The van der Waals surface area contributed by atoms with Crippen molar-refractivity contribution in [3.05, 3.63) is 26.9 Å². The zero-order valence-corrected chi connectivity index (χ0v) is 9.11. The van der Waals surface area contributed by atoms with Crippen LogP contribution < -0.4 is 11.2 Å². The van der Waals surface area contributed by atoms with Gasteiger partial charge in [-0.1, -0.05) is 0 Å². The summed E-state index contributed by atoms with van der Waals surface area (Å²) in [5.41, 5.74) is -1.54. The molecule has 1 N–H and O–H groups in total. The zero-order valence-electron chi connectivity index (χ0n) is 8.30. The largest absolute Gasteiger partial charge is 0.390 e. The van der Waals surface area contributed by atoms with Crippen LogP contribution in [0.25, 0.3) is 0 Å². The van der Waals surface area contributed by atoms with Gasteiger partial charge in [-0.05, 0) is 6.26 Å². The third-order valence-electron chi connectivity index (χ3n) is 1.83. The van der Waals surface area contributed by atoms with E-state index in [-0.39, 0.29) is 0 Å². The van der Waals surface area contributed by atoms with Gasteiger partial charge in [0, 0.05) is 12.6 Å². The molecule has 0 amide bonds. The van der Waals surface area contributed by atoms with Gasteiger partial charge in [-0.2, -0.15) is 13.2 Å². The summed E-state index contributed by atoms with van der Waals surface area (Å²) in [4.78, 5) is 24.9. The van der Waals surface area contributed by atoms with E-state index >= 15 is 0 Å². The summed E-state index contributed by atoms with van der Waals surface area (Å²) in [6, 6.07) is 1.10. The maximum absolute atomic E-state index is 11.9. The number of thioether (sulfide) groups is 1. The van der Waals surface area contributed by atoms with Crippen LogP contribution in [-0.2, 0) is 6.54 Å². The van der Waals surface area contributed by atoms with Crippen LogP contribution in [0.1, 0.15) is 6.42 Å². The Kier molecular flexibility index (Phi) is 3.84.